The third-order valence-electron chi connectivity index (χ3n) is 3.26. The molecule has 0 bridgehead atoms. The summed E-state index contributed by atoms with van der Waals surface area (Å²) in [5.41, 5.74) is 1.64. The molecule has 2 heterocycles. The number of anilines is 1. The highest BCUT2D eigenvalue weighted by molar-refractivity contribution is 9.10. The van der Waals surface area contributed by atoms with E-state index in [2.05, 4.69) is 31.5 Å². The number of piperidine rings is 1. The number of rotatable bonds is 3. The number of pyridine rings is 1. The summed E-state index contributed by atoms with van der Waals surface area (Å²) in [4.78, 5) is 16.2. The van der Waals surface area contributed by atoms with Crippen molar-refractivity contribution in [3.05, 3.63) is 22.4 Å². The summed E-state index contributed by atoms with van der Waals surface area (Å²) in [6.07, 6.45) is 2.78. The Hall–Kier alpha value is -0.940. The van der Waals surface area contributed by atoms with Crippen LogP contribution in [0.5, 0.6) is 0 Å². The summed E-state index contributed by atoms with van der Waals surface area (Å²) in [6.45, 7) is 3.94. The maximum absolute atomic E-state index is 11.9. The van der Waals surface area contributed by atoms with Gasteiger partial charge in [-0.25, -0.2) is 4.98 Å². The average Bonchev–Trinajstić information content (AvgIpc) is 2.34. The van der Waals surface area contributed by atoms with Crippen LogP contribution in [0.25, 0.3) is 0 Å². The second-order valence-electron chi connectivity index (χ2n) is 4.71. The van der Waals surface area contributed by atoms with Gasteiger partial charge in [0.15, 0.2) is 0 Å². The molecule has 0 radical (unpaired) electrons. The summed E-state index contributed by atoms with van der Waals surface area (Å²) >= 11 is 3.31. The minimum absolute atomic E-state index is 0.0918. The molecule has 1 aliphatic rings. The Balaban J connectivity index is 1.90. The van der Waals surface area contributed by atoms with Gasteiger partial charge in [0.1, 0.15) is 4.60 Å². The molecule has 1 amide bonds. The van der Waals surface area contributed by atoms with E-state index < -0.39 is 0 Å². The lowest BCUT2D eigenvalue weighted by molar-refractivity contribution is -0.117. The number of carbonyl (C=O) groups excluding carboxylic acids is 1. The molecule has 4 nitrogen and oxygen atoms in total. The molecule has 1 aromatic heterocycles. The van der Waals surface area contributed by atoms with E-state index >= 15 is 0 Å². The lowest BCUT2D eigenvalue weighted by atomic mass is 9.94. The Morgan fingerprint density at radius 2 is 2.22 bits per heavy atom. The second kappa shape index (κ2) is 6.29. The number of halogens is 1. The van der Waals surface area contributed by atoms with Crippen LogP contribution in [0.3, 0.4) is 0 Å². The fourth-order valence-electron chi connectivity index (χ4n) is 2.21. The molecular weight excluding hydrogens is 294 g/mol. The quantitative estimate of drug-likeness (QED) is 0.843. The van der Waals surface area contributed by atoms with Crippen molar-refractivity contribution in [2.75, 3.05) is 18.4 Å². The van der Waals surface area contributed by atoms with Crippen LogP contribution in [0.2, 0.25) is 0 Å². The molecule has 5 heteroatoms. The van der Waals surface area contributed by atoms with Gasteiger partial charge in [-0.3, -0.25) is 4.79 Å². The summed E-state index contributed by atoms with van der Waals surface area (Å²) < 4.78 is 0.788. The fraction of sp³-hybridized carbons (Fsp3) is 0.538. The smallest absolute Gasteiger partial charge is 0.224 e. The van der Waals surface area contributed by atoms with Crippen LogP contribution in [0.4, 0.5) is 5.69 Å². The van der Waals surface area contributed by atoms with E-state index in [0.29, 0.717) is 12.3 Å². The van der Waals surface area contributed by atoms with Crippen molar-refractivity contribution >= 4 is 27.5 Å². The van der Waals surface area contributed by atoms with Crippen LogP contribution in [0.15, 0.2) is 16.7 Å². The highest BCUT2D eigenvalue weighted by Gasteiger charge is 2.17. The number of carbonyl (C=O) groups is 1. The Morgan fingerprint density at radius 1 is 1.50 bits per heavy atom. The molecule has 1 fully saturated rings. The van der Waals surface area contributed by atoms with Gasteiger partial charge >= 0.3 is 0 Å². The fourth-order valence-corrected chi connectivity index (χ4v) is 2.61. The first-order chi connectivity index (χ1) is 8.65. The van der Waals surface area contributed by atoms with Crippen molar-refractivity contribution in [2.24, 2.45) is 5.92 Å². The number of hydrogen-bond donors (Lipinski definition) is 2. The molecule has 0 atom stereocenters. The molecule has 1 aliphatic heterocycles. The second-order valence-corrected chi connectivity index (χ2v) is 5.53. The first-order valence-electron chi connectivity index (χ1n) is 6.29. The number of nitrogens with zero attached hydrogens (tertiary/aromatic N) is 1. The average molecular weight is 312 g/mol. The van der Waals surface area contributed by atoms with E-state index in [0.717, 1.165) is 41.9 Å². The van der Waals surface area contributed by atoms with Crippen molar-refractivity contribution in [2.45, 2.75) is 26.2 Å². The molecule has 98 valence electrons. The summed E-state index contributed by atoms with van der Waals surface area (Å²) in [5, 5.41) is 6.25. The van der Waals surface area contributed by atoms with Crippen LogP contribution in [-0.2, 0) is 4.79 Å². The van der Waals surface area contributed by atoms with Crippen LogP contribution in [0.1, 0.15) is 25.0 Å². The maximum Gasteiger partial charge on any atom is 0.224 e. The predicted octanol–water partition coefficient (Wildman–Crippen LogP) is 2.48. The van der Waals surface area contributed by atoms with E-state index in [4.69, 9.17) is 0 Å². The Morgan fingerprint density at radius 3 is 2.89 bits per heavy atom. The van der Waals surface area contributed by atoms with Gasteiger partial charge in [0.05, 0.1) is 11.4 Å². The van der Waals surface area contributed by atoms with E-state index in [1.54, 1.807) is 0 Å². The highest BCUT2D eigenvalue weighted by Crippen LogP contribution is 2.19. The number of hydrogen-bond acceptors (Lipinski definition) is 3. The van der Waals surface area contributed by atoms with Gasteiger partial charge in [0.2, 0.25) is 5.91 Å². The minimum Gasteiger partial charge on any atom is -0.324 e. The van der Waals surface area contributed by atoms with Crippen LogP contribution < -0.4 is 10.6 Å². The molecule has 1 aromatic rings. The third kappa shape index (κ3) is 3.78. The summed E-state index contributed by atoms with van der Waals surface area (Å²) in [6, 6.07) is 3.72. The zero-order chi connectivity index (χ0) is 13.0. The number of amides is 1. The molecule has 0 spiro atoms. The van der Waals surface area contributed by atoms with Gasteiger partial charge in [-0.05, 0) is 66.8 Å². The third-order valence-corrected chi connectivity index (χ3v) is 3.70. The van der Waals surface area contributed by atoms with Crippen LogP contribution in [0, 0.1) is 12.8 Å². The first-order valence-corrected chi connectivity index (χ1v) is 7.08. The number of aromatic nitrogens is 1. The topological polar surface area (TPSA) is 54.0 Å². The number of nitrogens with one attached hydrogen (secondary N) is 2. The van der Waals surface area contributed by atoms with Crippen molar-refractivity contribution in [1.29, 1.82) is 0 Å². The minimum atomic E-state index is 0.0918. The standard InChI is InChI=1S/C13H18BrN3O/c1-9-11(2-3-12(14)16-9)17-13(18)8-10-4-6-15-7-5-10/h2-3,10,15H,4-8H2,1H3,(H,17,18). The Bertz CT molecular complexity index is 430. The molecule has 0 aliphatic carbocycles. The molecule has 2 rings (SSSR count). The largest absolute Gasteiger partial charge is 0.324 e. The van der Waals surface area contributed by atoms with Crippen LogP contribution in [-0.4, -0.2) is 24.0 Å². The molecule has 0 unspecified atom stereocenters. The monoisotopic (exact) mass is 311 g/mol. The Kier molecular flexibility index (Phi) is 4.72. The molecule has 0 aromatic carbocycles. The van der Waals surface area contributed by atoms with Gasteiger partial charge in [-0.2, -0.15) is 0 Å². The van der Waals surface area contributed by atoms with Crippen LogP contribution >= 0.6 is 15.9 Å². The van der Waals surface area contributed by atoms with E-state index in [1.807, 2.05) is 19.1 Å². The highest BCUT2D eigenvalue weighted by atomic mass is 79.9. The Labute approximate surface area is 116 Å². The molecular formula is C13H18BrN3O. The van der Waals surface area contributed by atoms with Gasteiger partial charge in [0.25, 0.3) is 0 Å². The number of aryl methyl sites for hydroxylation is 1. The summed E-state index contributed by atoms with van der Waals surface area (Å²) in [5.74, 6) is 0.601. The van der Waals surface area contributed by atoms with Gasteiger partial charge in [-0.15, -0.1) is 0 Å². The summed E-state index contributed by atoms with van der Waals surface area (Å²) in [7, 11) is 0. The lowest BCUT2D eigenvalue weighted by Gasteiger charge is -2.22. The van der Waals surface area contributed by atoms with E-state index in [1.165, 1.54) is 0 Å². The van der Waals surface area contributed by atoms with Gasteiger partial charge in [0, 0.05) is 6.42 Å². The van der Waals surface area contributed by atoms with Gasteiger partial charge < -0.3 is 10.6 Å². The predicted molar refractivity (Wildman–Crippen MR) is 75.5 cm³/mol. The zero-order valence-electron chi connectivity index (χ0n) is 10.5. The lowest BCUT2D eigenvalue weighted by Crippen LogP contribution is -2.30. The van der Waals surface area contributed by atoms with Crippen molar-refractivity contribution in [1.82, 2.24) is 10.3 Å². The maximum atomic E-state index is 11.9. The first kappa shape index (κ1) is 13.5. The van der Waals surface area contributed by atoms with Crippen molar-refractivity contribution < 1.29 is 4.79 Å². The SMILES string of the molecule is Cc1nc(Br)ccc1NC(=O)CC1CCNCC1. The molecule has 18 heavy (non-hydrogen) atoms. The van der Waals surface area contributed by atoms with E-state index in [-0.39, 0.29) is 5.91 Å². The van der Waals surface area contributed by atoms with E-state index in [9.17, 15) is 4.79 Å². The molecule has 2 N–H and O–H groups in total. The van der Waals surface area contributed by atoms with Crippen molar-refractivity contribution in [3.63, 3.8) is 0 Å². The zero-order valence-corrected chi connectivity index (χ0v) is 12.1. The van der Waals surface area contributed by atoms with Gasteiger partial charge in [-0.1, -0.05) is 0 Å². The molecule has 1 saturated heterocycles. The molecule has 0 saturated carbocycles. The van der Waals surface area contributed by atoms with Crippen molar-refractivity contribution in [3.8, 4) is 0 Å². The normalized spacial score (nSPS) is 16.6.